The van der Waals surface area contributed by atoms with Crippen molar-refractivity contribution in [3.8, 4) is 0 Å². The van der Waals surface area contributed by atoms with Crippen molar-refractivity contribution >= 4 is 49.4 Å². The van der Waals surface area contributed by atoms with E-state index in [9.17, 15) is 0 Å². The third-order valence-electron chi connectivity index (χ3n) is 3.33. The van der Waals surface area contributed by atoms with E-state index in [1.165, 1.54) is 31.6 Å². The molecule has 0 aliphatic rings. The molecule has 0 aliphatic carbocycles. The monoisotopic (exact) mass is 339 g/mol. The van der Waals surface area contributed by atoms with Crippen molar-refractivity contribution in [2.75, 3.05) is 11.9 Å². The molecule has 0 bridgehead atoms. The Labute approximate surface area is 135 Å². The Hall–Kier alpha value is -0.990. The number of aliphatic hydroxyl groups is 1. The van der Waals surface area contributed by atoms with Crippen molar-refractivity contribution in [2.24, 2.45) is 5.73 Å². The lowest BCUT2D eigenvalue weighted by Crippen LogP contribution is -2.26. The number of nitrogens with zero attached hydrogens (tertiary/aromatic N) is 1. The van der Waals surface area contributed by atoms with E-state index in [4.69, 9.17) is 10.8 Å². The Balaban J connectivity index is 1.82. The lowest BCUT2D eigenvalue weighted by molar-refractivity contribution is 0.265. The molecule has 4 N–H and O–H groups in total. The quantitative estimate of drug-likeness (QED) is 0.645. The highest BCUT2D eigenvalue weighted by molar-refractivity contribution is 7.24. The summed E-state index contributed by atoms with van der Waals surface area (Å²) in [6.07, 6.45) is 0.707. The summed E-state index contributed by atoms with van der Waals surface area (Å²) in [6.45, 7) is 2.93. The first-order valence-electron chi connectivity index (χ1n) is 6.69. The minimum atomic E-state index is -0.197. The van der Waals surface area contributed by atoms with Gasteiger partial charge >= 0.3 is 0 Å². The Morgan fingerprint density at radius 3 is 3.05 bits per heavy atom. The highest BCUT2D eigenvalue weighted by atomic mass is 32.1. The fourth-order valence-corrected chi connectivity index (χ4v) is 5.06. The Morgan fingerprint density at radius 1 is 1.48 bits per heavy atom. The second kappa shape index (κ2) is 6.41. The number of aromatic nitrogens is 1. The van der Waals surface area contributed by atoms with Crippen LogP contribution in [-0.4, -0.2) is 22.1 Å². The molecule has 0 fully saturated rings. The zero-order valence-electron chi connectivity index (χ0n) is 11.6. The molecule has 0 aliphatic heterocycles. The zero-order valence-corrected chi connectivity index (χ0v) is 14.1. The smallest absolute Gasteiger partial charge is 0.127 e. The number of fused-ring (bicyclic) bond motifs is 1. The van der Waals surface area contributed by atoms with Gasteiger partial charge in [-0.2, -0.15) is 4.37 Å². The molecule has 3 aromatic rings. The normalized spacial score (nSPS) is 12.9. The van der Waals surface area contributed by atoms with Crippen molar-refractivity contribution in [3.63, 3.8) is 0 Å². The topological polar surface area (TPSA) is 71.2 Å². The van der Waals surface area contributed by atoms with E-state index < -0.39 is 0 Å². The number of aliphatic hydroxyl groups excluding tert-OH is 1. The van der Waals surface area contributed by atoms with Crippen LogP contribution >= 0.6 is 34.2 Å². The molecular formula is C14H17N3OS3. The molecule has 1 atom stereocenters. The second-order valence-electron chi connectivity index (χ2n) is 4.92. The molecule has 0 radical (unpaired) electrons. The highest BCUT2D eigenvalue weighted by Gasteiger charge is 2.17. The standard InChI is InChI=1S/C14H17N3OS3/c1-8-11(5-9(15)7-18)20-13-12(8)17-21-14(13)16-6-10-3-2-4-19-10/h2-4,9,16,18H,5-7,15H2,1H3/t9-/m1/s1. The maximum atomic E-state index is 9.11. The minimum Gasteiger partial charge on any atom is -0.395 e. The zero-order chi connectivity index (χ0) is 14.8. The molecule has 3 heterocycles. The van der Waals surface area contributed by atoms with Gasteiger partial charge in [0.25, 0.3) is 0 Å². The maximum absolute atomic E-state index is 9.11. The van der Waals surface area contributed by atoms with Crippen molar-refractivity contribution in [3.05, 3.63) is 32.8 Å². The lowest BCUT2D eigenvalue weighted by atomic mass is 10.1. The van der Waals surface area contributed by atoms with Gasteiger partial charge in [-0.15, -0.1) is 22.7 Å². The summed E-state index contributed by atoms with van der Waals surface area (Å²) in [4.78, 5) is 2.54. The van der Waals surface area contributed by atoms with Crippen molar-refractivity contribution < 1.29 is 5.11 Å². The van der Waals surface area contributed by atoms with Crippen molar-refractivity contribution in [1.82, 2.24) is 4.37 Å². The van der Waals surface area contributed by atoms with Gasteiger partial charge < -0.3 is 16.2 Å². The first-order valence-corrected chi connectivity index (χ1v) is 9.16. The molecule has 0 saturated carbocycles. The first-order chi connectivity index (χ1) is 10.2. The van der Waals surface area contributed by atoms with E-state index in [2.05, 4.69) is 34.1 Å². The number of thiophene rings is 2. The molecule has 21 heavy (non-hydrogen) atoms. The maximum Gasteiger partial charge on any atom is 0.127 e. The molecule has 3 rings (SSSR count). The van der Waals surface area contributed by atoms with Crippen LogP contribution in [0.1, 0.15) is 15.3 Å². The number of nitrogens with two attached hydrogens (primary N) is 1. The summed E-state index contributed by atoms with van der Waals surface area (Å²) >= 11 is 5.00. The van der Waals surface area contributed by atoms with Crippen molar-refractivity contribution in [1.29, 1.82) is 0 Å². The first kappa shape index (κ1) is 14.9. The van der Waals surface area contributed by atoms with E-state index in [1.807, 2.05) is 0 Å². The van der Waals surface area contributed by atoms with E-state index in [-0.39, 0.29) is 12.6 Å². The van der Waals surface area contributed by atoms with Crippen LogP contribution in [0.4, 0.5) is 5.00 Å². The molecule has 7 heteroatoms. The SMILES string of the molecule is Cc1c(C[C@@H](N)CO)sc2c(NCc3cccs3)snc12. The lowest BCUT2D eigenvalue weighted by Gasteiger charge is -2.06. The van der Waals surface area contributed by atoms with Gasteiger partial charge in [-0.25, -0.2) is 0 Å². The summed E-state index contributed by atoms with van der Waals surface area (Å²) in [5, 5.41) is 15.8. The van der Waals surface area contributed by atoms with Gasteiger partial charge in [0, 0.05) is 15.8 Å². The van der Waals surface area contributed by atoms with Gasteiger partial charge in [-0.05, 0) is 41.9 Å². The highest BCUT2D eigenvalue weighted by Crippen LogP contribution is 2.39. The third kappa shape index (κ3) is 3.12. The molecule has 0 amide bonds. The predicted octanol–water partition coefficient (Wildman–Crippen LogP) is 3.20. The van der Waals surface area contributed by atoms with Crippen LogP contribution in [-0.2, 0) is 13.0 Å². The number of rotatable bonds is 6. The van der Waals surface area contributed by atoms with Gasteiger partial charge in [0.05, 0.1) is 17.9 Å². The number of nitrogens with one attached hydrogen (secondary N) is 1. The number of aryl methyl sites for hydroxylation is 1. The van der Waals surface area contributed by atoms with E-state index in [0.29, 0.717) is 6.42 Å². The summed E-state index contributed by atoms with van der Waals surface area (Å²) in [5.41, 5.74) is 8.11. The number of hydrogen-bond acceptors (Lipinski definition) is 7. The Bertz CT molecular complexity index is 717. The minimum absolute atomic E-state index is 0.0150. The molecule has 0 spiro atoms. The summed E-state index contributed by atoms with van der Waals surface area (Å²) < 4.78 is 5.76. The third-order valence-corrected chi connectivity index (χ3v) is 6.46. The fourth-order valence-electron chi connectivity index (χ4n) is 2.14. The average molecular weight is 340 g/mol. The molecule has 112 valence electrons. The molecular weight excluding hydrogens is 322 g/mol. The number of hydrogen-bond donors (Lipinski definition) is 3. The van der Waals surface area contributed by atoms with Gasteiger partial charge in [0.2, 0.25) is 0 Å². The van der Waals surface area contributed by atoms with Crippen LogP contribution in [0.3, 0.4) is 0 Å². The summed E-state index contributed by atoms with van der Waals surface area (Å²) in [7, 11) is 0. The molecule has 0 saturated heterocycles. The second-order valence-corrected chi connectivity index (χ2v) is 7.83. The fraction of sp³-hybridized carbons (Fsp3) is 0.357. The molecule has 4 nitrogen and oxygen atoms in total. The van der Waals surface area contributed by atoms with Gasteiger partial charge in [-0.1, -0.05) is 6.07 Å². The van der Waals surface area contributed by atoms with Crippen LogP contribution in [0.25, 0.3) is 10.2 Å². The average Bonchev–Trinajstić information content (AvgIpc) is 3.17. The van der Waals surface area contributed by atoms with E-state index >= 15 is 0 Å². The number of anilines is 1. The van der Waals surface area contributed by atoms with Crippen LogP contribution in [0.2, 0.25) is 0 Å². The van der Waals surface area contributed by atoms with Gasteiger partial charge in [0.15, 0.2) is 0 Å². The molecule has 3 aromatic heterocycles. The van der Waals surface area contributed by atoms with Crippen LogP contribution in [0, 0.1) is 6.92 Å². The molecule has 0 aromatic carbocycles. The summed E-state index contributed by atoms with van der Waals surface area (Å²) in [6, 6.07) is 3.99. The van der Waals surface area contributed by atoms with Gasteiger partial charge in [0.1, 0.15) is 10.5 Å². The van der Waals surface area contributed by atoms with Crippen LogP contribution in [0.5, 0.6) is 0 Å². The van der Waals surface area contributed by atoms with Crippen LogP contribution in [0.15, 0.2) is 17.5 Å². The predicted molar refractivity (Wildman–Crippen MR) is 92.6 cm³/mol. The summed E-state index contributed by atoms with van der Waals surface area (Å²) in [5.74, 6) is 0. The Morgan fingerprint density at radius 2 is 2.33 bits per heavy atom. The van der Waals surface area contributed by atoms with Crippen LogP contribution < -0.4 is 11.1 Å². The Kier molecular flexibility index (Phi) is 4.56. The molecule has 0 unspecified atom stereocenters. The van der Waals surface area contributed by atoms with E-state index in [1.54, 1.807) is 22.7 Å². The van der Waals surface area contributed by atoms with E-state index in [0.717, 1.165) is 17.1 Å². The largest absolute Gasteiger partial charge is 0.395 e. The van der Waals surface area contributed by atoms with Gasteiger partial charge in [-0.3, -0.25) is 0 Å². The van der Waals surface area contributed by atoms with Crippen molar-refractivity contribution in [2.45, 2.75) is 25.9 Å².